The first-order chi connectivity index (χ1) is 8.88. The molecule has 1 aromatic carbocycles. The van der Waals surface area contributed by atoms with Gasteiger partial charge in [0.2, 0.25) is 0 Å². The Morgan fingerprint density at radius 3 is 2.47 bits per heavy atom. The summed E-state index contributed by atoms with van der Waals surface area (Å²) in [6, 6.07) is 3.32. The van der Waals surface area contributed by atoms with Crippen molar-refractivity contribution in [3.8, 4) is 0 Å². The van der Waals surface area contributed by atoms with Gasteiger partial charge in [-0.3, -0.25) is 9.69 Å². The topological polar surface area (TPSA) is 43.8 Å². The molecule has 0 radical (unpaired) electrons. The van der Waals surface area contributed by atoms with Crippen molar-refractivity contribution in [3.05, 3.63) is 35.4 Å². The molecule has 1 N–H and O–H groups in total. The zero-order valence-electron chi connectivity index (χ0n) is 11.1. The average Bonchev–Trinajstić information content (AvgIpc) is 2.28. The summed E-state index contributed by atoms with van der Waals surface area (Å²) < 4.78 is 26.3. The zero-order chi connectivity index (χ0) is 14.4. The number of carboxylic acid groups (broad SMARTS) is 1. The minimum Gasteiger partial charge on any atom is -0.480 e. The normalized spacial score (nSPS) is 11.3. The van der Waals surface area contributed by atoms with Crippen LogP contribution in [0.5, 0.6) is 0 Å². The maximum Gasteiger partial charge on any atom is 0.317 e. The Labute approximate surface area is 111 Å². The molecule has 106 valence electrons. The highest BCUT2D eigenvalue weighted by Gasteiger charge is 2.13. The minimum atomic E-state index is -0.971. The molecule has 4 nitrogen and oxygen atoms in total. The van der Waals surface area contributed by atoms with Gasteiger partial charge >= 0.3 is 5.97 Å². The van der Waals surface area contributed by atoms with E-state index in [1.807, 2.05) is 19.0 Å². The Balaban J connectivity index is 2.72. The molecule has 0 spiro atoms. The highest BCUT2D eigenvalue weighted by atomic mass is 19.1. The number of benzene rings is 1. The van der Waals surface area contributed by atoms with E-state index in [1.54, 1.807) is 4.90 Å². The molecule has 1 aromatic rings. The fraction of sp³-hybridized carbons (Fsp3) is 0.462. The van der Waals surface area contributed by atoms with Crippen molar-refractivity contribution in [2.45, 2.75) is 6.54 Å². The molecular formula is C13H18F2N2O2. The van der Waals surface area contributed by atoms with Crippen LogP contribution < -0.4 is 0 Å². The van der Waals surface area contributed by atoms with Crippen LogP contribution in [-0.4, -0.2) is 54.6 Å². The lowest BCUT2D eigenvalue weighted by atomic mass is 10.2. The third kappa shape index (κ3) is 5.76. The van der Waals surface area contributed by atoms with Crippen molar-refractivity contribution in [2.24, 2.45) is 0 Å². The van der Waals surface area contributed by atoms with E-state index in [0.717, 1.165) is 6.07 Å². The van der Waals surface area contributed by atoms with E-state index in [2.05, 4.69) is 0 Å². The Hall–Kier alpha value is -1.53. The van der Waals surface area contributed by atoms with Crippen molar-refractivity contribution >= 4 is 5.97 Å². The highest BCUT2D eigenvalue weighted by molar-refractivity contribution is 5.69. The molecule has 6 heteroatoms. The fourth-order valence-electron chi connectivity index (χ4n) is 1.64. The molecule has 0 fully saturated rings. The lowest BCUT2D eigenvalue weighted by Gasteiger charge is -2.22. The first-order valence-electron chi connectivity index (χ1n) is 5.91. The number of hydrogen-bond donors (Lipinski definition) is 1. The van der Waals surface area contributed by atoms with Crippen LogP contribution in [0.1, 0.15) is 5.56 Å². The van der Waals surface area contributed by atoms with E-state index in [1.165, 1.54) is 12.1 Å². The second-order valence-corrected chi connectivity index (χ2v) is 4.64. The van der Waals surface area contributed by atoms with Crippen molar-refractivity contribution in [3.63, 3.8) is 0 Å². The van der Waals surface area contributed by atoms with Crippen molar-refractivity contribution in [1.82, 2.24) is 9.80 Å². The molecule has 0 saturated carbocycles. The predicted octanol–water partition coefficient (Wildman–Crippen LogP) is 1.41. The summed E-state index contributed by atoms with van der Waals surface area (Å²) in [6.07, 6.45) is 0. The Bertz CT molecular complexity index is 439. The molecule has 0 aliphatic carbocycles. The third-order valence-electron chi connectivity index (χ3n) is 2.63. The fourth-order valence-corrected chi connectivity index (χ4v) is 1.64. The largest absolute Gasteiger partial charge is 0.480 e. The Morgan fingerprint density at radius 1 is 1.26 bits per heavy atom. The molecule has 1 rings (SSSR count). The van der Waals surface area contributed by atoms with Gasteiger partial charge in [0.25, 0.3) is 0 Å². The van der Waals surface area contributed by atoms with Crippen molar-refractivity contribution < 1.29 is 18.7 Å². The molecule has 0 amide bonds. The summed E-state index contributed by atoms with van der Waals surface area (Å²) >= 11 is 0. The monoisotopic (exact) mass is 272 g/mol. The number of nitrogens with zero attached hydrogens (tertiary/aromatic N) is 2. The van der Waals surface area contributed by atoms with Crippen molar-refractivity contribution in [2.75, 3.05) is 33.7 Å². The molecule has 0 atom stereocenters. The second kappa shape index (κ2) is 7.16. The summed E-state index contributed by atoms with van der Waals surface area (Å²) in [4.78, 5) is 14.3. The van der Waals surface area contributed by atoms with Crippen LogP contribution >= 0.6 is 0 Å². The molecule has 0 bridgehead atoms. The average molecular weight is 272 g/mol. The van der Waals surface area contributed by atoms with E-state index in [-0.39, 0.29) is 13.1 Å². The number of likely N-dealkylation sites (N-methyl/N-ethyl adjacent to an activating group) is 1. The minimum absolute atomic E-state index is 0.145. The van der Waals surface area contributed by atoms with Gasteiger partial charge in [-0.15, -0.1) is 0 Å². The number of halogens is 2. The van der Waals surface area contributed by atoms with Gasteiger partial charge in [-0.05, 0) is 20.2 Å². The Kier molecular flexibility index (Phi) is 5.85. The van der Waals surface area contributed by atoms with E-state index in [4.69, 9.17) is 5.11 Å². The van der Waals surface area contributed by atoms with E-state index in [0.29, 0.717) is 18.7 Å². The lowest BCUT2D eigenvalue weighted by Crippen LogP contribution is -2.35. The van der Waals surface area contributed by atoms with E-state index in [9.17, 15) is 13.6 Å². The molecule has 0 aliphatic rings. The van der Waals surface area contributed by atoms with Crippen LogP contribution in [-0.2, 0) is 11.3 Å². The smallest absolute Gasteiger partial charge is 0.317 e. The lowest BCUT2D eigenvalue weighted by molar-refractivity contribution is -0.138. The van der Waals surface area contributed by atoms with Gasteiger partial charge in [-0.2, -0.15) is 0 Å². The second-order valence-electron chi connectivity index (χ2n) is 4.64. The van der Waals surface area contributed by atoms with Crippen LogP contribution in [0, 0.1) is 11.6 Å². The first kappa shape index (κ1) is 15.5. The molecule has 19 heavy (non-hydrogen) atoms. The van der Waals surface area contributed by atoms with Gasteiger partial charge in [0, 0.05) is 31.3 Å². The van der Waals surface area contributed by atoms with Crippen LogP contribution in [0.3, 0.4) is 0 Å². The van der Waals surface area contributed by atoms with Gasteiger partial charge in [-0.1, -0.05) is 6.07 Å². The van der Waals surface area contributed by atoms with Crippen LogP contribution in [0.4, 0.5) is 8.78 Å². The van der Waals surface area contributed by atoms with Gasteiger partial charge in [-0.25, -0.2) is 8.78 Å². The quantitative estimate of drug-likeness (QED) is 0.815. The summed E-state index contributed by atoms with van der Waals surface area (Å²) in [6.45, 7) is 1.13. The molecule has 0 unspecified atom stereocenters. The SMILES string of the molecule is CN(C)CCN(CC(=O)O)Cc1ccc(F)cc1F. The molecule has 0 saturated heterocycles. The summed E-state index contributed by atoms with van der Waals surface area (Å²) in [5.41, 5.74) is 0.293. The highest BCUT2D eigenvalue weighted by Crippen LogP contribution is 2.12. The summed E-state index contributed by atoms with van der Waals surface area (Å²) in [5.74, 6) is -2.26. The van der Waals surface area contributed by atoms with Crippen LogP contribution in [0.25, 0.3) is 0 Å². The maximum atomic E-state index is 13.5. The van der Waals surface area contributed by atoms with Gasteiger partial charge < -0.3 is 10.0 Å². The summed E-state index contributed by atoms with van der Waals surface area (Å²) in [7, 11) is 3.74. The van der Waals surface area contributed by atoms with Gasteiger partial charge in [0.15, 0.2) is 0 Å². The third-order valence-corrected chi connectivity index (χ3v) is 2.63. The van der Waals surface area contributed by atoms with Gasteiger partial charge in [0.05, 0.1) is 6.54 Å². The standard InChI is InChI=1S/C13H18F2N2O2/c1-16(2)5-6-17(9-13(18)19)8-10-3-4-11(14)7-12(10)15/h3-4,7H,5-6,8-9H2,1-2H3,(H,18,19). The van der Waals surface area contributed by atoms with Crippen LogP contribution in [0.15, 0.2) is 18.2 Å². The van der Waals surface area contributed by atoms with Crippen molar-refractivity contribution in [1.29, 1.82) is 0 Å². The zero-order valence-corrected chi connectivity index (χ0v) is 11.1. The predicted molar refractivity (Wildman–Crippen MR) is 67.8 cm³/mol. The number of aliphatic carboxylic acids is 1. The van der Waals surface area contributed by atoms with Crippen LogP contribution in [0.2, 0.25) is 0 Å². The maximum absolute atomic E-state index is 13.5. The molecule has 0 heterocycles. The summed E-state index contributed by atoms with van der Waals surface area (Å²) in [5, 5.41) is 8.83. The van der Waals surface area contributed by atoms with E-state index < -0.39 is 17.6 Å². The molecule has 0 aromatic heterocycles. The van der Waals surface area contributed by atoms with Gasteiger partial charge in [0.1, 0.15) is 11.6 Å². The van der Waals surface area contributed by atoms with E-state index >= 15 is 0 Å². The number of carboxylic acids is 1. The number of rotatable bonds is 7. The first-order valence-corrected chi connectivity index (χ1v) is 5.91. The molecule has 0 aliphatic heterocycles. The molecular weight excluding hydrogens is 254 g/mol. The number of carbonyl (C=O) groups is 1. The number of hydrogen-bond acceptors (Lipinski definition) is 3. The Morgan fingerprint density at radius 2 is 1.95 bits per heavy atom.